The number of rotatable bonds is 4. The summed E-state index contributed by atoms with van der Waals surface area (Å²) >= 11 is 0. The van der Waals surface area contributed by atoms with Gasteiger partial charge in [0.1, 0.15) is 11.7 Å². The van der Waals surface area contributed by atoms with E-state index in [4.69, 9.17) is 0 Å². The number of hydrogen-bond acceptors (Lipinski definition) is 6. The van der Waals surface area contributed by atoms with Crippen LogP contribution in [0.1, 0.15) is 24.6 Å². The van der Waals surface area contributed by atoms with Gasteiger partial charge in [-0.1, -0.05) is 15.7 Å². The van der Waals surface area contributed by atoms with E-state index in [1.807, 2.05) is 0 Å². The fourth-order valence-electron chi connectivity index (χ4n) is 2.12. The quantitative estimate of drug-likeness (QED) is 0.727. The summed E-state index contributed by atoms with van der Waals surface area (Å²) < 4.78 is 117. The Hall–Kier alpha value is -1.74. The molecule has 1 unspecified atom stereocenters. The monoisotopic (exact) mass is 415 g/mol. The minimum absolute atomic E-state index is 0.00330. The van der Waals surface area contributed by atoms with E-state index in [9.17, 15) is 39.8 Å². The van der Waals surface area contributed by atoms with Gasteiger partial charge >= 0.3 is 18.0 Å². The topological polar surface area (TPSA) is 89.1 Å². The lowest BCUT2D eigenvalue weighted by molar-refractivity contribution is -0.144. The molecule has 0 saturated heterocycles. The summed E-state index contributed by atoms with van der Waals surface area (Å²) in [5.41, 5.74) is -4.52. The molecule has 15 heteroatoms. The summed E-state index contributed by atoms with van der Waals surface area (Å²) in [6.07, 6.45) is -6.86. The van der Waals surface area contributed by atoms with Crippen LogP contribution in [0, 0.1) is 0 Å². The van der Waals surface area contributed by atoms with Crippen LogP contribution in [0.3, 0.4) is 0 Å². The van der Waals surface area contributed by atoms with E-state index in [1.165, 1.54) is 6.92 Å². The highest BCUT2D eigenvalue weighted by atomic mass is 32.3. The first kappa shape index (κ1) is 20.6. The van der Waals surface area contributed by atoms with Gasteiger partial charge < -0.3 is 9.57 Å². The number of oxime groups is 1. The van der Waals surface area contributed by atoms with Crippen LogP contribution in [0.15, 0.2) is 5.16 Å². The average Bonchev–Trinajstić information content (AvgIpc) is 3.03. The van der Waals surface area contributed by atoms with Gasteiger partial charge in [0.25, 0.3) is 0 Å². The van der Waals surface area contributed by atoms with E-state index in [2.05, 4.69) is 19.8 Å². The molecule has 0 fully saturated rings. The highest BCUT2D eigenvalue weighted by Crippen LogP contribution is 2.65. The third-order valence-corrected chi connectivity index (χ3v) is 5.05. The van der Waals surface area contributed by atoms with Crippen molar-refractivity contribution >= 4 is 15.6 Å². The Bertz CT molecular complexity index is 719. The summed E-state index contributed by atoms with van der Waals surface area (Å²) in [4.78, 5) is 4.54. The normalized spacial score (nSPS) is 19.5. The van der Waals surface area contributed by atoms with Crippen molar-refractivity contribution in [3.8, 4) is 5.88 Å². The van der Waals surface area contributed by atoms with E-state index in [0.29, 0.717) is 7.05 Å². The van der Waals surface area contributed by atoms with Gasteiger partial charge in [0.15, 0.2) is 10.7 Å². The molecule has 150 valence electrons. The van der Waals surface area contributed by atoms with Crippen LogP contribution < -0.4 is 4.74 Å². The molecule has 0 saturated carbocycles. The molecule has 2 heterocycles. The largest absolute Gasteiger partial charge is 0.435 e. The van der Waals surface area contributed by atoms with Crippen molar-refractivity contribution < 1.29 is 49.4 Å². The molecule has 2 N–H and O–H groups in total. The van der Waals surface area contributed by atoms with Crippen molar-refractivity contribution in [1.29, 1.82) is 0 Å². The average molecular weight is 415 g/mol. The van der Waals surface area contributed by atoms with Gasteiger partial charge in [0.2, 0.25) is 5.88 Å². The highest BCUT2D eigenvalue weighted by molar-refractivity contribution is 8.37. The lowest BCUT2D eigenvalue weighted by Gasteiger charge is -2.38. The molecule has 1 aromatic rings. The van der Waals surface area contributed by atoms with Crippen LogP contribution in [0.25, 0.3) is 0 Å². The molecule has 1 atom stereocenters. The molecule has 0 amide bonds. The van der Waals surface area contributed by atoms with E-state index < -0.39 is 63.3 Å². The molecule has 1 aliphatic rings. The van der Waals surface area contributed by atoms with Crippen molar-refractivity contribution in [2.24, 2.45) is 12.2 Å². The summed E-state index contributed by atoms with van der Waals surface area (Å²) in [5, 5.41) is -0.324. The Kier molecular flexibility index (Phi) is 5.11. The zero-order valence-corrected chi connectivity index (χ0v) is 13.8. The molecular weight excluding hydrogens is 403 g/mol. The minimum atomic E-state index is -5.52. The van der Waals surface area contributed by atoms with Crippen molar-refractivity contribution in [3.63, 3.8) is 0 Å². The fraction of sp³-hybridized carbons (Fsp3) is 0.636. The zero-order chi connectivity index (χ0) is 20.1. The van der Waals surface area contributed by atoms with Crippen molar-refractivity contribution in [2.45, 2.75) is 37.5 Å². The Morgan fingerprint density at radius 3 is 2.27 bits per heavy atom. The number of aryl methyl sites for hydroxylation is 1. The van der Waals surface area contributed by atoms with Gasteiger partial charge in [0.05, 0.1) is 0 Å². The molecule has 0 spiro atoms. The van der Waals surface area contributed by atoms with Crippen molar-refractivity contribution in [1.82, 2.24) is 9.78 Å². The molecule has 2 rings (SSSR count). The Labute approximate surface area is 142 Å². The van der Waals surface area contributed by atoms with Crippen LogP contribution in [0.2, 0.25) is 0 Å². The summed E-state index contributed by atoms with van der Waals surface area (Å²) in [7, 11) is -4.69. The fourth-order valence-corrected chi connectivity index (χ4v) is 3.50. The predicted molar refractivity (Wildman–Crippen MR) is 74.2 cm³/mol. The van der Waals surface area contributed by atoms with E-state index in [-0.39, 0.29) is 4.68 Å². The van der Waals surface area contributed by atoms with Gasteiger partial charge in [-0.25, -0.2) is 4.68 Å². The number of alkyl halides is 7. The number of nitrogens with zero attached hydrogens (tertiary/aromatic N) is 3. The third kappa shape index (κ3) is 3.42. The molecule has 0 bridgehead atoms. The zero-order valence-electron chi connectivity index (χ0n) is 13.0. The standard InChI is InChI=1S/C11H12F7N3O4S/c1-4-3-5(20-25-4)26(22,23)11(17,18)6-7(10(14,15)16)19-21(2)8(6)24-9(12)13/h4,9,22-23H,3H2,1-2H3. The number of ether oxygens (including phenoxy) is 1. The maximum atomic E-state index is 14.8. The SMILES string of the molecule is CC1CC(S(O)(O)C(F)(F)c2c(C(F)(F)F)nn(C)c2OC(F)F)=NO1. The van der Waals surface area contributed by atoms with Crippen LogP contribution >= 0.6 is 10.6 Å². The molecule has 26 heavy (non-hydrogen) atoms. The highest BCUT2D eigenvalue weighted by Gasteiger charge is 2.59. The van der Waals surface area contributed by atoms with Crippen LogP contribution in [0.5, 0.6) is 5.88 Å². The molecule has 1 aromatic heterocycles. The lowest BCUT2D eigenvalue weighted by atomic mass is 10.2. The second kappa shape index (κ2) is 6.45. The molecule has 0 aliphatic carbocycles. The third-order valence-electron chi connectivity index (χ3n) is 3.24. The molecule has 0 radical (unpaired) electrons. The Balaban J connectivity index is 2.67. The van der Waals surface area contributed by atoms with Crippen LogP contribution in [0.4, 0.5) is 30.7 Å². The number of aromatic nitrogens is 2. The maximum absolute atomic E-state index is 14.8. The van der Waals surface area contributed by atoms with Crippen LogP contribution in [-0.2, 0) is 23.3 Å². The van der Waals surface area contributed by atoms with Gasteiger partial charge in [-0.15, -0.1) is 0 Å². The first-order chi connectivity index (χ1) is 11.7. The van der Waals surface area contributed by atoms with Gasteiger partial charge in [-0.05, 0) is 6.92 Å². The second-order valence-corrected chi connectivity index (χ2v) is 7.28. The molecule has 1 aliphatic heterocycles. The Morgan fingerprint density at radius 2 is 1.85 bits per heavy atom. The molecular formula is C11H12F7N3O4S. The van der Waals surface area contributed by atoms with Gasteiger partial charge in [-0.3, -0.25) is 9.11 Å². The summed E-state index contributed by atoms with van der Waals surface area (Å²) in [6, 6.07) is 0. The molecule has 0 aromatic carbocycles. The van der Waals surface area contributed by atoms with Gasteiger partial charge in [0, 0.05) is 13.5 Å². The smallest absolute Gasteiger partial charge is 0.417 e. The number of halogens is 7. The van der Waals surface area contributed by atoms with E-state index in [0.717, 1.165) is 0 Å². The summed E-state index contributed by atoms with van der Waals surface area (Å²) in [6.45, 7) is -2.43. The first-order valence-corrected chi connectivity index (χ1v) is 8.22. The van der Waals surface area contributed by atoms with Crippen molar-refractivity contribution in [2.75, 3.05) is 0 Å². The van der Waals surface area contributed by atoms with Crippen LogP contribution in [-0.4, -0.2) is 36.6 Å². The molecule has 7 nitrogen and oxygen atoms in total. The Morgan fingerprint density at radius 1 is 1.27 bits per heavy atom. The van der Waals surface area contributed by atoms with Gasteiger partial charge in [-0.2, -0.15) is 35.8 Å². The maximum Gasteiger partial charge on any atom is 0.435 e. The summed E-state index contributed by atoms with van der Waals surface area (Å²) in [5.74, 6) is -1.66. The first-order valence-electron chi connectivity index (χ1n) is 6.67. The minimum Gasteiger partial charge on any atom is -0.417 e. The lowest BCUT2D eigenvalue weighted by Crippen LogP contribution is -2.31. The van der Waals surface area contributed by atoms with E-state index >= 15 is 0 Å². The number of hydrogen-bond donors (Lipinski definition) is 2. The van der Waals surface area contributed by atoms with E-state index in [1.54, 1.807) is 0 Å². The van der Waals surface area contributed by atoms with Crippen molar-refractivity contribution in [3.05, 3.63) is 11.3 Å². The predicted octanol–water partition coefficient (Wildman–Crippen LogP) is 3.96. The second-order valence-electron chi connectivity index (χ2n) is 5.20.